The van der Waals surface area contributed by atoms with Crippen molar-refractivity contribution < 1.29 is 14.8 Å². The van der Waals surface area contributed by atoms with Crippen LogP contribution in [-0.2, 0) is 17.8 Å². The minimum Gasteiger partial charge on any atom is -0.494 e. The first-order chi connectivity index (χ1) is 20.4. The number of carbonyl (C=O) groups is 1. The van der Waals surface area contributed by atoms with Crippen molar-refractivity contribution in [3.63, 3.8) is 0 Å². The number of aliphatic imine (C=N–C) groups is 1. The van der Waals surface area contributed by atoms with E-state index in [9.17, 15) is 20.0 Å². The zero-order chi connectivity index (χ0) is 29.1. The molecule has 2 saturated heterocycles. The predicted molar refractivity (Wildman–Crippen MR) is 163 cm³/mol. The third kappa shape index (κ3) is 6.06. The second kappa shape index (κ2) is 12.2. The lowest BCUT2D eigenvalue weighted by molar-refractivity contribution is -0.384. The molecule has 0 atom stereocenters. The number of aromatic hydroxyl groups is 1. The molecule has 9 heteroatoms. The third-order valence-corrected chi connectivity index (χ3v) is 8.28. The number of hydrogen-bond donors (Lipinski definition) is 2. The number of nitro groups is 1. The van der Waals surface area contributed by atoms with Gasteiger partial charge in [-0.2, -0.15) is 0 Å². The van der Waals surface area contributed by atoms with Crippen molar-refractivity contribution in [2.75, 3.05) is 26.2 Å². The summed E-state index contributed by atoms with van der Waals surface area (Å²) in [6, 6.07) is 20.7. The van der Waals surface area contributed by atoms with Crippen LogP contribution in [0.5, 0.6) is 5.88 Å². The molecule has 2 fully saturated rings. The van der Waals surface area contributed by atoms with Gasteiger partial charge < -0.3 is 15.0 Å². The number of non-ortho nitro benzene ring substituents is 1. The number of aromatic nitrogens is 1. The van der Waals surface area contributed by atoms with E-state index in [0.717, 1.165) is 68.8 Å². The molecule has 0 spiro atoms. The molecule has 42 heavy (non-hydrogen) atoms. The van der Waals surface area contributed by atoms with Gasteiger partial charge in [-0.05, 0) is 74.5 Å². The number of nitrogens with zero attached hydrogens (tertiary/aromatic N) is 4. The van der Waals surface area contributed by atoms with E-state index in [1.165, 1.54) is 30.5 Å². The topological polar surface area (TPSA) is 115 Å². The number of benzene rings is 3. The molecular weight excluding hydrogens is 530 g/mol. The van der Waals surface area contributed by atoms with Crippen LogP contribution >= 0.6 is 0 Å². The molecule has 2 aliphatic heterocycles. The number of likely N-dealkylation sites (tertiary alicyclic amines) is 2. The fourth-order valence-electron chi connectivity index (χ4n) is 6.03. The highest BCUT2D eigenvalue weighted by molar-refractivity contribution is 6.22. The Balaban J connectivity index is 1.31. The lowest BCUT2D eigenvalue weighted by atomic mass is 9.98. The molecule has 0 radical (unpaired) electrons. The Bertz CT molecular complexity index is 1620. The summed E-state index contributed by atoms with van der Waals surface area (Å²) in [5.41, 5.74) is 5.38. The number of nitro benzene ring substituents is 1. The van der Waals surface area contributed by atoms with Crippen LogP contribution in [0.4, 0.5) is 11.4 Å². The van der Waals surface area contributed by atoms with E-state index in [-0.39, 0.29) is 17.5 Å². The number of H-pyrrole nitrogens is 1. The molecule has 3 aromatic carbocycles. The Kier molecular flexibility index (Phi) is 8.01. The molecular formula is C33H35N5O4. The number of fused-ring (bicyclic) bond motifs is 1. The Morgan fingerprint density at radius 3 is 2.38 bits per heavy atom. The van der Waals surface area contributed by atoms with E-state index in [1.54, 1.807) is 6.07 Å². The third-order valence-electron chi connectivity index (χ3n) is 8.28. The van der Waals surface area contributed by atoms with Crippen LogP contribution in [0.1, 0.15) is 54.4 Å². The van der Waals surface area contributed by atoms with Crippen molar-refractivity contribution in [3.8, 4) is 5.88 Å². The molecule has 9 nitrogen and oxygen atoms in total. The van der Waals surface area contributed by atoms with Crippen LogP contribution in [-0.4, -0.2) is 62.6 Å². The fraction of sp³-hybridized carbons (Fsp3) is 0.333. The maximum absolute atomic E-state index is 11.9. The fourth-order valence-corrected chi connectivity index (χ4v) is 6.03. The Morgan fingerprint density at radius 1 is 0.952 bits per heavy atom. The quantitative estimate of drug-likeness (QED) is 0.137. The molecule has 0 saturated carbocycles. The summed E-state index contributed by atoms with van der Waals surface area (Å²) in [6.07, 6.45) is 5.83. The first kappa shape index (κ1) is 27.7. The van der Waals surface area contributed by atoms with Gasteiger partial charge in [-0.1, -0.05) is 36.4 Å². The van der Waals surface area contributed by atoms with Crippen LogP contribution in [0.3, 0.4) is 0 Å². The van der Waals surface area contributed by atoms with E-state index in [2.05, 4.69) is 22.0 Å². The van der Waals surface area contributed by atoms with Gasteiger partial charge >= 0.3 is 0 Å². The summed E-state index contributed by atoms with van der Waals surface area (Å²) < 4.78 is 0. The summed E-state index contributed by atoms with van der Waals surface area (Å²) in [6.45, 7) is 4.79. The molecule has 2 N–H and O–H groups in total. The maximum atomic E-state index is 11.9. The summed E-state index contributed by atoms with van der Waals surface area (Å²) in [7, 11) is 0. The highest BCUT2D eigenvalue weighted by atomic mass is 16.6. The van der Waals surface area contributed by atoms with Crippen molar-refractivity contribution in [3.05, 3.63) is 99.1 Å². The van der Waals surface area contributed by atoms with Crippen molar-refractivity contribution in [1.82, 2.24) is 14.8 Å². The molecule has 3 heterocycles. The van der Waals surface area contributed by atoms with E-state index in [4.69, 9.17) is 4.99 Å². The van der Waals surface area contributed by atoms with Crippen molar-refractivity contribution in [2.24, 2.45) is 4.99 Å². The van der Waals surface area contributed by atoms with E-state index in [1.807, 2.05) is 41.3 Å². The number of aryl methyl sites for hydroxylation is 1. The van der Waals surface area contributed by atoms with Gasteiger partial charge in [0, 0.05) is 54.7 Å². The van der Waals surface area contributed by atoms with Gasteiger partial charge in [0.2, 0.25) is 5.91 Å². The molecule has 4 aromatic rings. The first-order valence-corrected chi connectivity index (χ1v) is 14.7. The number of aromatic amines is 1. The largest absolute Gasteiger partial charge is 0.494 e. The van der Waals surface area contributed by atoms with Crippen molar-refractivity contribution >= 4 is 33.9 Å². The zero-order valence-corrected chi connectivity index (χ0v) is 23.6. The highest BCUT2D eigenvalue weighted by Gasteiger charge is 2.22. The summed E-state index contributed by atoms with van der Waals surface area (Å²) >= 11 is 0. The molecule has 6 rings (SSSR count). The molecule has 216 valence electrons. The number of rotatable bonds is 10. The minimum absolute atomic E-state index is 0.0554. The molecule has 1 aromatic heterocycles. The SMILES string of the molecule is O=C1CCCN1CCCc1ccc(C(=Nc2ccc(CN3CCCC3)cc2)c2c(O)[nH]c3ccc([N+](=O)[O-])cc23)cc1. The van der Waals surface area contributed by atoms with Crippen LogP contribution in [0.25, 0.3) is 10.9 Å². The standard InChI is InChI=1S/C33H35N5O4/c39-30-6-4-20-37(30)19-3-5-23-7-11-25(12-8-23)32(31-28-21-27(38(41)42)15-16-29(28)35-33(31)40)34-26-13-9-24(10-14-26)22-36-17-1-2-18-36/h7-16,21,35,40H,1-6,17-20,22H2. The Hall–Kier alpha value is -4.50. The lowest BCUT2D eigenvalue weighted by Crippen LogP contribution is -2.25. The Morgan fingerprint density at radius 2 is 1.69 bits per heavy atom. The molecule has 0 unspecified atom stereocenters. The second-order valence-electron chi connectivity index (χ2n) is 11.2. The average molecular weight is 566 g/mol. The summed E-state index contributed by atoms with van der Waals surface area (Å²) in [5, 5.41) is 23.1. The molecule has 0 aliphatic carbocycles. The van der Waals surface area contributed by atoms with Crippen LogP contribution in [0.2, 0.25) is 0 Å². The monoisotopic (exact) mass is 565 g/mol. The second-order valence-corrected chi connectivity index (χ2v) is 11.2. The van der Waals surface area contributed by atoms with Gasteiger partial charge in [-0.25, -0.2) is 4.99 Å². The van der Waals surface area contributed by atoms with Crippen molar-refractivity contribution in [2.45, 2.75) is 45.1 Å². The van der Waals surface area contributed by atoms with Crippen LogP contribution in [0.15, 0.2) is 71.7 Å². The van der Waals surface area contributed by atoms with Gasteiger partial charge in [0.15, 0.2) is 5.88 Å². The highest BCUT2D eigenvalue weighted by Crippen LogP contribution is 2.34. The van der Waals surface area contributed by atoms with E-state index >= 15 is 0 Å². The van der Waals surface area contributed by atoms with Gasteiger partial charge in [0.25, 0.3) is 5.69 Å². The van der Waals surface area contributed by atoms with E-state index < -0.39 is 4.92 Å². The van der Waals surface area contributed by atoms with Crippen molar-refractivity contribution in [1.29, 1.82) is 0 Å². The molecule has 1 amide bonds. The maximum Gasteiger partial charge on any atom is 0.270 e. The normalized spacial score (nSPS) is 16.1. The zero-order valence-electron chi connectivity index (χ0n) is 23.6. The summed E-state index contributed by atoms with van der Waals surface area (Å²) in [5.74, 6) is 0.156. The molecule has 0 bridgehead atoms. The van der Waals surface area contributed by atoms with Gasteiger partial charge in [0.1, 0.15) is 0 Å². The number of carbonyl (C=O) groups excluding carboxylic acids is 1. The summed E-state index contributed by atoms with van der Waals surface area (Å²) in [4.78, 5) is 35.4. The molecule has 2 aliphatic rings. The predicted octanol–water partition coefficient (Wildman–Crippen LogP) is 6.10. The first-order valence-electron chi connectivity index (χ1n) is 14.7. The van der Waals surface area contributed by atoms with Gasteiger partial charge in [-0.3, -0.25) is 19.8 Å². The number of amides is 1. The van der Waals surface area contributed by atoms with Crippen LogP contribution in [0, 0.1) is 10.1 Å². The van der Waals surface area contributed by atoms with Gasteiger partial charge in [0.05, 0.1) is 21.9 Å². The van der Waals surface area contributed by atoms with E-state index in [0.29, 0.717) is 28.6 Å². The Labute approximate surface area is 244 Å². The smallest absolute Gasteiger partial charge is 0.270 e. The minimum atomic E-state index is -0.437. The van der Waals surface area contributed by atoms with Crippen LogP contribution < -0.4 is 0 Å². The van der Waals surface area contributed by atoms with Gasteiger partial charge in [-0.15, -0.1) is 0 Å². The average Bonchev–Trinajstić information content (AvgIpc) is 3.73. The number of hydrogen-bond acceptors (Lipinski definition) is 6. The number of nitrogens with one attached hydrogen (secondary N) is 1. The lowest BCUT2D eigenvalue weighted by Gasteiger charge is -2.15.